The average Bonchev–Trinajstić information content (AvgIpc) is 0.811. The van der Waals surface area contributed by atoms with E-state index < -0.39 is 16.9 Å². The van der Waals surface area contributed by atoms with Crippen molar-refractivity contribution in [1.29, 1.82) is 0 Å². The summed E-state index contributed by atoms with van der Waals surface area (Å²) in [6.07, 6.45) is 0. The Hall–Kier alpha value is 1.32. The van der Waals surface area contributed by atoms with Crippen molar-refractivity contribution < 1.29 is 0 Å². The van der Waals surface area contributed by atoms with Gasteiger partial charge in [0.2, 0.25) is 0 Å². The van der Waals surface area contributed by atoms with Gasteiger partial charge in [-0.2, -0.15) is 0 Å². The van der Waals surface area contributed by atoms with E-state index in [0.717, 1.165) is 0 Å². The zero-order chi connectivity index (χ0) is 3.58. The summed E-state index contributed by atoms with van der Waals surface area (Å²) in [5.74, 6) is 0. The number of hydrogen-bond donors (Lipinski definition) is 0. The molecule has 0 rings (SSSR count). The molecular weight excluding hydrogens is 222 g/mol. The SMILES string of the molecule is [CH3][Sn]([CH3])=[Se]. The Morgan fingerprint density at radius 3 is 1.50 bits per heavy atom. The first-order chi connectivity index (χ1) is 1.73. The standard InChI is InChI=1S/2CH3.Se.Sn/h2*1H3;;. The topological polar surface area (TPSA) is 0 Å². The Morgan fingerprint density at radius 1 is 1.50 bits per heavy atom. The van der Waals surface area contributed by atoms with Crippen LogP contribution in [0.25, 0.3) is 0 Å². The summed E-state index contributed by atoms with van der Waals surface area (Å²) in [5.41, 5.74) is 0. The average molecular weight is 228 g/mol. The second kappa shape index (κ2) is 2.55. The van der Waals surface area contributed by atoms with Gasteiger partial charge in [-0.15, -0.1) is 0 Å². The Labute approximate surface area is 39.0 Å². The molecule has 0 atom stereocenters. The van der Waals surface area contributed by atoms with Gasteiger partial charge in [-0.1, -0.05) is 0 Å². The van der Waals surface area contributed by atoms with Gasteiger partial charge in [0, 0.05) is 0 Å². The van der Waals surface area contributed by atoms with Gasteiger partial charge in [-0.05, 0) is 0 Å². The van der Waals surface area contributed by atoms with E-state index in [1.165, 1.54) is 0 Å². The summed E-state index contributed by atoms with van der Waals surface area (Å²) in [4.78, 5) is 4.62. The molecule has 24 valence electrons. The van der Waals surface area contributed by atoms with Crippen LogP contribution in [0.5, 0.6) is 0 Å². The number of rotatable bonds is 0. The van der Waals surface area contributed by atoms with Gasteiger partial charge >= 0.3 is 39.0 Å². The zero-order valence-corrected chi connectivity index (χ0v) is 7.48. The molecule has 0 aliphatic carbocycles. The fourth-order valence-electron chi connectivity index (χ4n) is 0. The quantitative estimate of drug-likeness (QED) is 0.526. The molecule has 0 aromatic heterocycles. The molecule has 0 fully saturated rings. The van der Waals surface area contributed by atoms with Crippen LogP contribution in [0.4, 0.5) is 0 Å². The molecule has 4 heavy (non-hydrogen) atoms. The van der Waals surface area contributed by atoms with Crippen LogP contribution in [-0.2, 0) is 0 Å². The third-order valence-electron chi connectivity index (χ3n) is 0. The number of hydrogen-bond acceptors (Lipinski definition) is 0. The van der Waals surface area contributed by atoms with Crippen LogP contribution in [0.2, 0.25) is 9.88 Å². The molecular formula is C2H6SeSn. The van der Waals surface area contributed by atoms with Crippen molar-refractivity contribution in [2.75, 3.05) is 0 Å². The molecule has 0 heterocycles. The molecule has 0 saturated heterocycles. The maximum atomic E-state index is 3.10. The summed E-state index contributed by atoms with van der Waals surface area (Å²) in [6, 6.07) is 0. The van der Waals surface area contributed by atoms with E-state index in [4.69, 9.17) is 0 Å². The van der Waals surface area contributed by atoms with Gasteiger partial charge in [-0.25, -0.2) is 0 Å². The summed E-state index contributed by atoms with van der Waals surface area (Å²) < 4.78 is 0. The fourth-order valence-corrected chi connectivity index (χ4v) is 0. The maximum absolute atomic E-state index is 3.10. The summed E-state index contributed by atoms with van der Waals surface area (Å²) >= 11 is 2.43. The molecule has 0 radical (unpaired) electrons. The normalized spacial score (nSPS) is 6.50. The monoisotopic (exact) mass is 230 g/mol. The van der Waals surface area contributed by atoms with Crippen LogP contribution in [0.15, 0.2) is 0 Å². The fraction of sp³-hybridized carbons (Fsp3) is 1.00. The van der Waals surface area contributed by atoms with Crippen molar-refractivity contribution in [3.8, 4) is 0 Å². The first kappa shape index (κ1) is 5.32. The third kappa shape index (κ3) is 10.3. The van der Waals surface area contributed by atoms with Crippen molar-refractivity contribution in [2.24, 2.45) is 0 Å². The molecule has 0 saturated carbocycles. The minimum atomic E-state index is -0.668. The third-order valence-corrected chi connectivity index (χ3v) is 0. The first-order valence-corrected chi connectivity index (χ1v) is 13.8. The van der Waals surface area contributed by atoms with Crippen molar-refractivity contribution in [3.63, 3.8) is 0 Å². The predicted octanol–water partition coefficient (Wildman–Crippen LogP) is 0.406. The van der Waals surface area contributed by atoms with Crippen LogP contribution in [0.3, 0.4) is 0 Å². The van der Waals surface area contributed by atoms with Gasteiger partial charge in [0.1, 0.15) is 0 Å². The Balaban J connectivity index is 2.80. The molecule has 2 heteroatoms. The Kier molecular flexibility index (Phi) is 3.39. The second-order valence-electron chi connectivity index (χ2n) is 0.908. The Bertz CT molecular complexity index is 29.0. The van der Waals surface area contributed by atoms with E-state index in [-0.39, 0.29) is 0 Å². The summed E-state index contributed by atoms with van der Waals surface area (Å²) in [6.45, 7) is 0. The van der Waals surface area contributed by atoms with Gasteiger partial charge in [0.25, 0.3) is 0 Å². The molecule has 0 aromatic rings. The van der Waals surface area contributed by atoms with Gasteiger partial charge < -0.3 is 0 Å². The van der Waals surface area contributed by atoms with E-state index in [2.05, 4.69) is 22.1 Å². The second-order valence-corrected chi connectivity index (χ2v) is 17.6. The van der Waals surface area contributed by atoms with Crippen LogP contribution >= 0.6 is 0 Å². The predicted molar refractivity (Wildman–Crippen MR) is 23.2 cm³/mol. The van der Waals surface area contributed by atoms with Crippen molar-refractivity contribution in [3.05, 3.63) is 0 Å². The van der Waals surface area contributed by atoms with Crippen LogP contribution in [0, 0.1) is 0 Å². The Morgan fingerprint density at radius 2 is 1.50 bits per heavy atom. The molecule has 0 amide bonds. The first-order valence-electron chi connectivity index (χ1n) is 1.20. The van der Waals surface area contributed by atoms with Crippen molar-refractivity contribution >= 4 is 29.1 Å². The molecule has 0 N–H and O–H groups in total. The molecule has 0 unspecified atom stereocenters. The van der Waals surface area contributed by atoms with Gasteiger partial charge in [0.15, 0.2) is 0 Å². The van der Waals surface area contributed by atoms with Gasteiger partial charge in [-0.3, -0.25) is 0 Å². The van der Waals surface area contributed by atoms with E-state index in [9.17, 15) is 0 Å². The van der Waals surface area contributed by atoms with Gasteiger partial charge in [0.05, 0.1) is 0 Å². The summed E-state index contributed by atoms with van der Waals surface area (Å²) in [7, 11) is 0. The van der Waals surface area contributed by atoms with Crippen LogP contribution in [-0.4, -0.2) is 29.1 Å². The van der Waals surface area contributed by atoms with E-state index in [1.54, 1.807) is 0 Å². The molecule has 0 aromatic carbocycles. The minimum absolute atomic E-state index is 0.668. The molecule has 0 spiro atoms. The molecule has 0 aliphatic rings. The molecule has 0 bridgehead atoms. The van der Waals surface area contributed by atoms with Crippen LogP contribution in [0.1, 0.15) is 0 Å². The van der Waals surface area contributed by atoms with E-state index in [1.807, 2.05) is 0 Å². The van der Waals surface area contributed by atoms with E-state index >= 15 is 0 Å². The van der Waals surface area contributed by atoms with Crippen LogP contribution < -0.4 is 0 Å². The van der Waals surface area contributed by atoms with E-state index in [0.29, 0.717) is 0 Å². The molecule has 0 aliphatic heterocycles. The van der Waals surface area contributed by atoms with Crippen molar-refractivity contribution in [2.45, 2.75) is 9.88 Å². The molecule has 0 nitrogen and oxygen atoms in total. The zero-order valence-electron chi connectivity index (χ0n) is 2.91. The van der Waals surface area contributed by atoms with Crippen molar-refractivity contribution in [1.82, 2.24) is 0 Å². The summed E-state index contributed by atoms with van der Waals surface area (Å²) in [5, 5.41) is 0.